The molecule has 7 heteroatoms. The molecule has 22 heavy (non-hydrogen) atoms. The Morgan fingerprint density at radius 1 is 0.636 bits per heavy atom. The fourth-order valence-electron chi connectivity index (χ4n) is 0.503. The Hall–Kier alpha value is -2.20. The summed E-state index contributed by atoms with van der Waals surface area (Å²) in [6.07, 6.45) is -10.5. The fourth-order valence-corrected chi connectivity index (χ4v) is 0.503. The van der Waals surface area contributed by atoms with Crippen LogP contribution in [0, 0.1) is 11.5 Å². The van der Waals surface area contributed by atoms with Crippen molar-refractivity contribution >= 4 is 0 Å². The molecule has 0 atom stereocenters. The Labute approximate surface area is 123 Å². The van der Waals surface area contributed by atoms with Crippen LogP contribution in [0.15, 0.2) is 30.3 Å². The van der Waals surface area contributed by atoms with Crippen LogP contribution in [0.5, 0.6) is 0 Å². The number of benzene rings is 1. The summed E-state index contributed by atoms with van der Waals surface area (Å²) in [5, 5.41) is 0. The van der Waals surface area contributed by atoms with Crippen molar-refractivity contribution in [2.24, 2.45) is 5.41 Å². The van der Waals surface area contributed by atoms with E-state index >= 15 is 0 Å². The van der Waals surface area contributed by atoms with Crippen molar-refractivity contribution in [3.8, 4) is 0 Å². The molecule has 0 saturated carbocycles. The molecule has 0 N–H and O–H groups in total. The number of alkyl halides is 6. The molecule has 0 aliphatic heterocycles. The van der Waals surface area contributed by atoms with Gasteiger partial charge in [-0.1, -0.05) is 27.7 Å². The van der Waals surface area contributed by atoms with Gasteiger partial charge < -0.3 is 0 Å². The molecule has 0 nitrogen and oxygen atoms in total. The first-order valence-electron chi connectivity index (χ1n) is 6.54. The van der Waals surface area contributed by atoms with Crippen molar-refractivity contribution in [3.05, 3.63) is 36.4 Å². The van der Waals surface area contributed by atoms with Crippen LogP contribution < -0.4 is 0 Å². The molecule has 0 saturated heterocycles. The maximum atomic E-state index is 11.6. The van der Waals surface area contributed by atoms with Gasteiger partial charge in [0.25, 0.3) is 0 Å². The van der Waals surface area contributed by atoms with E-state index in [2.05, 4.69) is 6.07 Å². The van der Waals surface area contributed by atoms with Crippen LogP contribution in [0.3, 0.4) is 0 Å². The quantitative estimate of drug-likeness (QED) is 0.236. The van der Waals surface area contributed by atoms with Gasteiger partial charge in [0.15, 0.2) is 5.41 Å². The van der Waals surface area contributed by atoms with E-state index in [0.29, 0.717) is 0 Å². The summed E-state index contributed by atoms with van der Waals surface area (Å²) in [6.45, 7) is 8.21. The second-order valence-electron chi connectivity index (χ2n) is 3.70. The van der Waals surface area contributed by atoms with Crippen LogP contribution in [0.1, 0.15) is 41.5 Å². The summed E-state index contributed by atoms with van der Waals surface area (Å²) in [6, 6.07) is 12.5. The van der Waals surface area contributed by atoms with Crippen molar-refractivity contribution in [1.29, 1.82) is 0 Å². The van der Waals surface area contributed by atoms with Gasteiger partial charge in [0.2, 0.25) is 0 Å². The third kappa shape index (κ3) is 10.6. The number of hydrogen-bond donors (Lipinski definition) is 0. The Morgan fingerprint density at radius 3 is 0.955 bits per heavy atom. The van der Waals surface area contributed by atoms with Crippen LogP contribution in [-0.4, -0.2) is 12.4 Å². The second kappa shape index (κ2) is 12.5. The smallest absolute Gasteiger partial charge is 0.184 e. The second-order valence-corrected chi connectivity index (χ2v) is 3.70. The van der Waals surface area contributed by atoms with Crippen molar-refractivity contribution in [2.45, 2.75) is 53.9 Å². The van der Waals surface area contributed by atoms with Crippen molar-refractivity contribution in [3.63, 3.8) is 0 Å². The Bertz CT molecular complexity index is 274. The van der Waals surface area contributed by atoms with Crippen LogP contribution in [-0.2, 0) is 0 Å². The molecular weight excluding hydrogens is 561 g/mol. The average molecular weight is 584 g/mol. The van der Waals surface area contributed by atoms with Gasteiger partial charge in [-0.15, -0.1) is 0 Å². The van der Waals surface area contributed by atoms with Gasteiger partial charge in [0, 0.05) is 0 Å². The molecule has 1 aromatic carbocycles. The molecule has 1 aromatic rings. The molecule has 0 aliphatic carbocycles. The Kier molecular flexibility index (Phi) is 16.0. The standard InChI is InChI=1S/C6H5.C5H6F6.2C2H6.Rf/c1-2-4-6-5-3-1;1-3(2,4(6,7)8)5(9,10)11;2*1-2;/h1-5H;1-2H3;2*1-2H3;/q-1;;;;. The SMILES string of the molecule is CC.CC.CC(C)(C(F)(F)F)C(F)(F)F.[Rf].[c-]1ccccc1. The summed E-state index contributed by atoms with van der Waals surface area (Å²) in [5.41, 5.74) is -3.62. The van der Waals surface area contributed by atoms with E-state index in [1.54, 1.807) is 0 Å². The molecule has 0 radical (unpaired) electrons. The van der Waals surface area contributed by atoms with Crippen molar-refractivity contribution in [2.75, 3.05) is 0 Å². The summed E-state index contributed by atoms with van der Waals surface area (Å²) in [7, 11) is 0. The topological polar surface area (TPSA) is 0 Å². The molecular formula is C15H23F6Rf-. The summed E-state index contributed by atoms with van der Waals surface area (Å²) >= 11 is 0. The summed E-state index contributed by atoms with van der Waals surface area (Å²) in [5.74, 6) is 0. The minimum Gasteiger partial charge on any atom is -0.184 e. The average Bonchev–Trinajstić information content (AvgIpc) is 2.43. The third-order valence-electron chi connectivity index (χ3n) is 2.02. The van der Waals surface area contributed by atoms with Gasteiger partial charge in [-0.25, -0.2) is 0 Å². The van der Waals surface area contributed by atoms with Gasteiger partial charge in [-0.2, -0.15) is 62.7 Å². The van der Waals surface area contributed by atoms with Gasteiger partial charge in [-0.3, -0.25) is 0 Å². The predicted octanol–water partition coefficient (Wildman–Crippen LogP) is 6.68. The zero-order valence-corrected chi connectivity index (χ0v) is 20.3. The molecule has 0 amide bonds. The summed E-state index contributed by atoms with van der Waals surface area (Å²) in [4.78, 5) is 0. The minimum absolute atomic E-state index is 0. The van der Waals surface area contributed by atoms with E-state index in [9.17, 15) is 26.3 Å². The van der Waals surface area contributed by atoms with E-state index in [4.69, 9.17) is 0 Å². The van der Waals surface area contributed by atoms with E-state index < -0.39 is 17.8 Å². The molecule has 128 valence electrons. The van der Waals surface area contributed by atoms with Gasteiger partial charge >= 0.3 is 12.4 Å². The molecule has 0 bridgehead atoms. The predicted molar refractivity (Wildman–Crippen MR) is 73.9 cm³/mol. The van der Waals surface area contributed by atoms with Crippen LogP contribution in [0.4, 0.5) is 26.3 Å². The maximum Gasteiger partial charge on any atom is 0.402 e. The van der Waals surface area contributed by atoms with Crippen molar-refractivity contribution in [1.82, 2.24) is 0 Å². The van der Waals surface area contributed by atoms with Crippen LogP contribution in [0.2, 0.25) is 0 Å². The van der Waals surface area contributed by atoms with E-state index in [1.807, 2.05) is 58.0 Å². The normalized spacial score (nSPS) is 10.4. The van der Waals surface area contributed by atoms with Gasteiger partial charge in [0.05, 0.1) is 0 Å². The Morgan fingerprint density at radius 2 is 0.909 bits per heavy atom. The van der Waals surface area contributed by atoms with E-state index in [-0.39, 0.29) is 13.8 Å². The number of rotatable bonds is 0. The maximum absolute atomic E-state index is 11.6. The fraction of sp³-hybridized carbons (Fsp3) is 0.600. The molecule has 0 fully saturated rings. The first-order chi connectivity index (χ1) is 9.50. The van der Waals surface area contributed by atoms with Crippen molar-refractivity contribution < 1.29 is 26.3 Å². The Balaban J connectivity index is -0.000000125. The molecule has 0 aromatic heterocycles. The van der Waals surface area contributed by atoms with Gasteiger partial charge in [0.1, 0.15) is 0 Å². The zero-order chi connectivity index (χ0) is 17.7. The number of hydrogen-bond acceptors (Lipinski definition) is 0. The summed E-state index contributed by atoms with van der Waals surface area (Å²) < 4.78 is 69.7. The minimum atomic E-state index is -5.24. The first kappa shape index (κ1) is 28.0. The molecule has 1 rings (SSSR count). The van der Waals surface area contributed by atoms with Crippen LogP contribution in [0.25, 0.3) is 0 Å². The zero-order valence-electron chi connectivity index (χ0n) is 13.9. The van der Waals surface area contributed by atoms with Gasteiger partial charge in [-0.05, 0) is 13.8 Å². The molecule has 0 unspecified atom stereocenters. The van der Waals surface area contributed by atoms with E-state index in [0.717, 1.165) is 0 Å². The first-order valence-corrected chi connectivity index (χ1v) is 6.54. The third-order valence-corrected chi connectivity index (χ3v) is 2.02. The van der Waals surface area contributed by atoms with Crippen LogP contribution >= 0.6 is 0 Å². The largest absolute Gasteiger partial charge is 0.402 e. The number of halogens is 6. The monoisotopic (exact) mass is 584 g/mol. The van der Waals surface area contributed by atoms with E-state index in [1.165, 1.54) is 0 Å². The molecule has 0 heterocycles. The molecule has 0 aliphatic rings. The molecule has 0 spiro atoms.